The number of phosphoric acid groups is 2. The molecule has 1 aromatic rings. The van der Waals surface area contributed by atoms with Gasteiger partial charge in [-0.15, -0.1) is 0 Å². The molecule has 1 aliphatic rings. The Morgan fingerprint density at radius 2 is 1.48 bits per heavy atom. The van der Waals surface area contributed by atoms with Gasteiger partial charge in [0.25, 0.3) is 0 Å². The van der Waals surface area contributed by atoms with Gasteiger partial charge in [-0.3, -0.25) is 9.36 Å². The zero-order chi connectivity index (χ0) is 29.8. The van der Waals surface area contributed by atoms with E-state index in [0.717, 1.165) is 30.0 Å². The summed E-state index contributed by atoms with van der Waals surface area (Å²) in [5.74, 6) is -0.415. The second-order valence-electron chi connectivity index (χ2n) is 9.65. The van der Waals surface area contributed by atoms with Crippen molar-refractivity contribution < 1.29 is 171 Å². The monoisotopic (exact) mass is 701 g/mol. The molecule has 230 valence electrons. The molecule has 0 bridgehead atoms. The number of nitrogens with zero attached hydrogens (tertiary/aromatic N) is 2. The van der Waals surface area contributed by atoms with Crippen LogP contribution in [0.2, 0.25) is 0 Å². The van der Waals surface area contributed by atoms with E-state index in [1.54, 1.807) is 0 Å². The standard InChI is InChI=1S/C23H41N3O12P2.4Na/c1-2-3-4-5-6-7-8-9-10-11-12-13-19(27)24-18-14-15-26(23(29)25-18)22-20(28)21(38-40(33,34)35)17(37-22)16-36-39(30,31)32;;;;/h14-15,17,20-22,28H,2-13,16H2,1H3,(H2,30,31,32)(H2,33,34,35)(H,24,25,27,29);;;;/q;4*+1/p-4/t17-,20-,21-,22-;;;;/m1..../s1. The Kier molecular flexibility index (Phi) is 30.4. The topological polar surface area (TPSA) is 238 Å². The van der Waals surface area contributed by atoms with E-state index in [2.05, 4.69) is 26.3 Å². The number of anilines is 1. The van der Waals surface area contributed by atoms with Crippen molar-refractivity contribution in [2.45, 2.75) is 109 Å². The minimum Gasteiger partial charge on any atom is -0.790 e. The Labute approximate surface area is 346 Å². The van der Waals surface area contributed by atoms with E-state index in [4.69, 9.17) is 4.74 Å². The molecule has 2 N–H and O–H groups in total. The molecule has 44 heavy (non-hydrogen) atoms. The summed E-state index contributed by atoms with van der Waals surface area (Å²) < 4.78 is 36.1. The molecule has 0 aliphatic carbocycles. The molecule has 0 radical (unpaired) electrons. The van der Waals surface area contributed by atoms with Gasteiger partial charge >= 0.3 is 124 Å². The zero-order valence-corrected chi connectivity index (χ0v) is 36.2. The predicted molar refractivity (Wildman–Crippen MR) is 134 cm³/mol. The summed E-state index contributed by atoms with van der Waals surface area (Å²) >= 11 is 0. The molecule has 4 atom stereocenters. The normalized spacial score (nSPS) is 19.6. The Hall–Kier alpha value is 2.49. The fourth-order valence-electron chi connectivity index (χ4n) is 4.36. The first-order chi connectivity index (χ1) is 18.8. The summed E-state index contributed by atoms with van der Waals surface area (Å²) in [6.07, 6.45) is 6.50. The maximum absolute atomic E-state index is 12.5. The van der Waals surface area contributed by atoms with E-state index in [-0.39, 0.29) is 136 Å². The molecule has 15 nitrogen and oxygen atoms in total. The number of hydrogen-bond donors (Lipinski definition) is 2. The summed E-state index contributed by atoms with van der Waals surface area (Å²) in [5.41, 5.74) is -1.03. The van der Waals surface area contributed by atoms with Gasteiger partial charge in [-0.25, -0.2) is 4.79 Å². The molecule has 0 unspecified atom stereocenters. The van der Waals surface area contributed by atoms with Crippen LogP contribution >= 0.6 is 15.6 Å². The summed E-state index contributed by atoms with van der Waals surface area (Å²) in [6, 6.07) is 1.23. The quantitative estimate of drug-likeness (QED) is 0.0775. The first-order valence-electron chi connectivity index (χ1n) is 13.4. The van der Waals surface area contributed by atoms with Crippen LogP contribution in [0.15, 0.2) is 17.1 Å². The number of carbonyl (C=O) groups is 1. The van der Waals surface area contributed by atoms with Crippen LogP contribution in [-0.4, -0.2) is 45.5 Å². The molecule has 21 heteroatoms. The SMILES string of the molecule is CCCCCCCCCCCCCC(=O)Nc1ccn([C@@H]2O[C@H](COP(=O)([O-])[O-])[C@@H](OP(=O)([O-])[O-])[C@H]2O)c(=O)n1.[Na+].[Na+].[Na+].[Na+]. The third kappa shape index (κ3) is 20.9. The van der Waals surface area contributed by atoms with Crippen molar-refractivity contribution in [2.75, 3.05) is 11.9 Å². The number of nitrogens with one attached hydrogen (secondary N) is 1. The Bertz CT molecular complexity index is 1090. The van der Waals surface area contributed by atoms with Gasteiger partial charge < -0.3 is 52.9 Å². The number of unbranched alkanes of at least 4 members (excludes halogenated alkanes) is 10. The third-order valence-electron chi connectivity index (χ3n) is 6.34. The Morgan fingerprint density at radius 3 is 1.95 bits per heavy atom. The molecule has 1 saturated heterocycles. The first-order valence-corrected chi connectivity index (χ1v) is 16.3. The summed E-state index contributed by atoms with van der Waals surface area (Å²) in [5, 5.41) is 13.0. The second kappa shape index (κ2) is 26.3. The smallest absolute Gasteiger partial charge is 0.790 e. The summed E-state index contributed by atoms with van der Waals surface area (Å²) in [7, 11) is -11.2. The van der Waals surface area contributed by atoms with E-state index in [9.17, 15) is 43.4 Å². The number of rotatable bonds is 19. The minimum absolute atomic E-state index is 0. The average Bonchev–Trinajstić information content (AvgIpc) is 3.14. The number of amides is 1. The Morgan fingerprint density at radius 1 is 0.955 bits per heavy atom. The van der Waals surface area contributed by atoms with Crippen molar-refractivity contribution in [3.8, 4) is 0 Å². The van der Waals surface area contributed by atoms with E-state index in [0.29, 0.717) is 6.42 Å². The zero-order valence-electron chi connectivity index (χ0n) is 26.4. The van der Waals surface area contributed by atoms with Gasteiger partial charge in [0.1, 0.15) is 24.1 Å². The van der Waals surface area contributed by atoms with Crippen LogP contribution in [0.25, 0.3) is 0 Å². The van der Waals surface area contributed by atoms with Crippen LogP contribution in [0.5, 0.6) is 0 Å². The first kappa shape index (κ1) is 50.9. The van der Waals surface area contributed by atoms with E-state index >= 15 is 0 Å². The summed E-state index contributed by atoms with van der Waals surface area (Å²) in [4.78, 5) is 72.2. The fraction of sp³-hybridized carbons (Fsp3) is 0.783. The maximum atomic E-state index is 12.5. The van der Waals surface area contributed by atoms with E-state index < -0.39 is 52.5 Å². The maximum Gasteiger partial charge on any atom is 1.00 e. The fourth-order valence-corrected chi connectivity index (χ4v) is 5.25. The number of aliphatic hydroxyl groups is 1. The largest absolute Gasteiger partial charge is 1.00 e. The molecule has 2 rings (SSSR count). The molecular formula is C23H37N3Na4O12P2. The van der Waals surface area contributed by atoms with Crippen LogP contribution in [0.1, 0.15) is 90.2 Å². The molecule has 2 heterocycles. The number of aliphatic hydroxyl groups excluding tert-OH is 1. The van der Waals surface area contributed by atoms with Gasteiger partial charge in [-0.05, 0) is 12.5 Å². The van der Waals surface area contributed by atoms with E-state index in [1.807, 2.05) is 0 Å². The molecule has 1 fully saturated rings. The van der Waals surface area contributed by atoms with Crippen LogP contribution in [0.4, 0.5) is 5.82 Å². The Balaban J connectivity index is -0.00000420. The van der Waals surface area contributed by atoms with Gasteiger partial charge in [0.2, 0.25) is 5.91 Å². The van der Waals surface area contributed by atoms with Gasteiger partial charge in [0.05, 0.1) is 22.3 Å². The van der Waals surface area contributed by atoms with Crippen LogP contribution in [0, 0.1) is 0 Å². The molecule has 1 amide bonds. The number of aromatic nitrogens is 2. The van der Waals surface area contributed by atoms with Crippen molar-refractivity contribution in [2.24, 2.45) is 0 Å². The van der Waals surface area contributed by atoms with Crippen LogP contribution in [-0.2, 0) is 27.7 Å². The third-order valence-corrected chi connectivity index (χ3v) is 7.30. The predicted octanol–water partition coefficient (Wildman–Crippen LogP) is -11.8. The molecule has 1 aliphatic heterocycles. The van der Waals surface area contributed by atoms with Crippen LogP contribution in [0.3, 0.4) is 0 Å². The van der Waals surface area contributed by atoms with Gasteiger partial charge in [-0.2, -0.15) is 4.98 Å². The molecule has 0 saturated carbocycles. The average molecular weight is 701 g/mol. The molecule has 1 aromatic heterocycles. The number of ether oxygens (including phenoxy) is 1. The van der Waals surface area contributed by atoms with E-state index in [1.165, 1.54) is 51.0 Å². The number of phosphoric ester groups is 2. The van der Waals surface area contributed by atoms with Crippen LogP contribution < -0.4 is 149 Å². The van der Waals surface area contributed by atoms with Crippen molar-refractivity contribution in [1.29, 1.82) is 0 Å². The van der Waals surface area contributed by atoms with Crippen molar-refractivity contribution in [3.05, 3.63) is 22.7 Å². The minimum atomic E-state index is -5.70. The van der Waals surface area contributed by atoms with Crippen molar-refractivity contribution in [1.82, 2.24) is 9.55 Å². The molecular weight excluding hydrogens is 664 g/mol. The second-order valence-corrected chi connectivity index (χ2v) is 11.9. The molecule has 0 aromatic carbocycles. The van der Waals surface area contributed by atoms with Gasteiger partial charge in [0.15, 0.2) is 6.23 Å². The van der Waals surface area contributed by atoms with Gasteiger partial charge in [-0.1, -0.05) is 71.1 Å². The van der Waals surface area contributed by atoms with Crippen molar-refractivity contribution in [3.63, 3.8) is 0 Å². The number of hydrogen-bond acceptors (Lipinski definition) is 13. The summed E-state index contributed by atoms with van der Waals surface area (Å²) in [6.45, 7) is 1.11. The van der Waals surface area contributed by atoms with Crippen molar-refractivity contribution >= 4 is 27.4 Å². The van der Waals surface area contributed by atoms with Gasteiger partial charge in [0, 0.05) is 12.6 Å². The number of carbonyl (C=O) groups excluding carboxylic acids is 1. The molecule has 0 spiro atoms.